The molecule has 0 unspecified atom stereocenters. The van der Waals surface area contributed by atoms with Crippen molar-refractivity contribution in [3.63, 3.8) is 0 Å². The van der Waals surface area contributed by atoms with Crippen LogP contribution in [0.15, 0.2) is 35.1 Å². The second-order valence-corrected chi connectivity index (χ2v) is 10.5. The fourth-order valence-electron chi connectivity index (χ4n) is 4.41. The van der Waals surface area contributed by atoms with Gasteiger partial charge in [-0.15, -0.1) is 0 Å². The van der Waals surface area contributed by atoms with Crippen LogP contribution in [0.1, 0.15) is 63.9 Å². The fraction of sp³-hybridized carbons (Fsp3) is 0.538. The molecule has 3 aromatic heterocycles. The molecule has 1 aliphatic heterocycles. The molecule has 1 saturated heterocycles. The molecule has 1 fully saturated rings. The number of carbonyl (C=O) groups is 2. The highest BCUT2D eigenvalue weighted by Crippen LogP contribution is 2.29. The second kappa shape index (κ2) is 9.71. The van der Waals surface area contributed by atoms with Gasteiger partial charge in [0.25, 0.3) is 5.91 Å². The fourth-order valence-corrected chi connectivity index (χ4v) is 4.41. The van der Waals surface area contributed by atoms with Crippen molar-refractivity contribution < 1.29 is 18.7 Å². The molecule has 0 atom stereocenters. The quantitative estimate of drug-likeness (QED) is 0.510. The summed E-state index contributed by atoms with van der Waals surface area (Å²) in [7, 11) is 1.77. The Labute approximate surface area is 206 Å². The Balaban J connectivity index is 1.50. The zero-order valence-electron chi connectivity index (χ0n) is 21.4. The highest BCUT2D eigenvalue weighted by molar-refractivity contribution is 6.06. The molecule has 0 bridgehead atoms. The van der Waals surface area contributed by atoms with Crippen LogP contribution in [0.2, 0.25) is 0 Å². The minimum Gasteiger partial charge on any atom is -0.463 e. The Morgan fingerprint density at radius 1 is 1.26 bits per heavy atom. The van der Waals surface area contributed by atoms with E-state index < -0.39 is 5.60 Å². The first-order valence-electron chi connectivity index (χ1n) is 12.2. The number of rotatable bonds is 5. The molecule has 0 spiro atoms. The van der Waals surface area contributed by atoms with Crippen molar-refractivity contribution in [2.75, 3.05) is 26.7 Å². The zero-order chi connectivity index (χ0) is 25.3. The lowest BCUT2D eigenvalue weighted by molar-refractivity contribution is 0.0246. The van der Waals surface area contributed by atoms with Gasteiger partial charge in [-0.1, -0.05) is 0 Å². The predicted molar refractivity (Wildman–Crippen MR) is 133 cm³/mol. The van der Waals surface area contributed by atoms with Crippen LogP contribution in [-0.4, -0.2) is 68.8 Å². The van der Waals surface area contributed by atoms with E-state index in [0.717, 1.165) is 18.2 Å². The molecule has 35 heavy (non-hydrogen) atoms. The normalized spacial score (nSPS) is 15.1. The van der Waals surface area contributed by atoms with Gasteiger partial charge in [-0.3, -0.25) is 4.79 Å². The lowest BCUT2D eigenvalue weighted by Gasteiger charge is -2.34. The Morgan fingerprint density at radius 3 is 2.57 bits per heavy atom. The van der Waals surface area contributed by atoms with Crippen molar-refractivity contribution in [2.45, 2.75) is 59.1 Å². The van der Waals surface area contributed by atoms with E-state index in [1.54, 1.807) is 30.5 Å². The van der Waals surface area contributed by atoms with Crippen molar-refractivity contribution in [2.24, 2.45) is 5.92 Å². The van der Waals surface area contributed by atoms with Gasteiger partial charge in [-0.05, 0) is 71.6 Å². The van der Waals surface area contributed by atoms with Crippen LogP contribution in [0, 0.1) is 5.92 Å². The molecule has 2 amide bonds. The zero-order valence-corrected chi connectivity index (χ0v) is 21.4. The summed E-state index contributed by atoms with van der Waals surface area (Å²) >= 11 is 0. The van der Waals surface area contributed by atoms with E-state index in [1.807, 2.05) is 56.3 Å². The number of aromatic nitrogens is 3. The van der Waals surface area contributed by atoms with Gasteiger partial charge >= 0.3 is 6.09 Å². The Kier molecular flexibility index (Phi) is 6.87. The van der Waals surface area contributed by atoms with Gasteiger partial charge in [0.1, 0.15) is 11.3 Å². The standard InChI is InChI=1S/C26H35N5O4/c1-17(2)31-23-20(15-27-31)19(14-21(28-23)22-8-7-13-34-22)24(32)30-11-9-18(10-12-30)16-29(6)25(33)35-26(3,4)5/h7-8,13-15,17-18H,9-12,16H2,1-6H3. The molecule has 0 aliphatic carbocycles. The van der Waals surface area contributed by atoms with Gasteiger partial charge in [-0.2, -0.15) is 5.10 Å². The number of fused-ring (bicyclic) bond motifs is 1. The number of ether oxygens (including phenoxy) is 1. The maximum atomic E-state index is 13.7. The molecule has 4 rings (SSSR count). The number of amides is 2. The Bertz CT molecular complexity index is 1180. The molecular weight excluding hydrogens is 446 g/mol. The largest absolute Gasteiger partial charge is 0.463 e. The summed E-state index contributed by atoms with van der Waals surface area (Å²) in [6.45, 7) is 11.5. The third-order valence-corrected chi connectivity index (χ3v) is 6.20. The van der Waals surface area contributed by atoms with Crippen LogP contribution >= 0.6 is 0 Å². The molecule has 9 heteroatoms. The Hall–Kier alpha value is -3.36. The molecule has 0 N–H and O–H groups in total. The van der Waals surface area contributed by atoms with E-state index in [-0.39, 0.29) is 18.0 Å². The molecule has 0 radical (unpaired) electrons. The summed E-state index contributed by atoms with van der Waals surface area (Å²) in [5.74, 6) is 0.894. The first-order valence-corrected chi connectivity index (χ1v) is 12.2. The van der Waals surface area contributed by atoms with Crippen molar-refractivity contribution in [1.29, 1.82) is 0 Å². The van der Waals surface area contributed by atoms with Crippen LogP contribution in [0.25, 0.3) is 22.5 Å². The lowest BCUT2D eigenvalue weighted by atomic mass is 9.95. The maximum absolute atomic E-state index is 13.7. The number of hydrogen-bond acceptors (Lipinski definition) is 6. The average Bonchev–Trinajstić information content (AvgIpc) is 3.47. The minimum atomic E-state index is -0.519. The first-order chi connectivity index (χ1) is 16.5. The van der Waals surface area contributed by atoms with Gasteiger partial charge in [0.15, 0.2) is 11.4 Å². The number of carbonyl (C=O) groups excluding carboxylic acids is 2. The smallest absolute Gasteiger partial charge is 0.410 e. The molecular formula is C26H35N5O4. The molecule has 0 aromatic carbocycles. The number of furan rings is 1. The van der Waals surface area contributed by atoms with Gasteiger partial charge in [0, 0.05) is 32.7 Å². The molecule has 0 saturated carbocycles. The highest BCUT2D eigenvalue weighted by atomic mass is 16.6. The number of likely N-dealkylation sites (tertiary alicyclic amines) is 1. The summed E-state index contributed by atoms with van der Waals surface area (Å²) in [5.41, 5.74) is 1.35. The van der Waals surface area contributed by atoms with E-state index in [1.165, 1.54) is 0 Å². The van der Waals surface area contributed by atoms with Crippen LogP contribution in [0.4, 0.5) is 4.79 Å². The van der Waals surface area contributed by atoms with Crippen LogP contribution in [0.5, 0.6) is 0 Å². The summed E-state index contributed by atoms with van der Waals surface area (Å²) < 4.78 is 12.9. The molecule has 3 aromatic rings. The SMILES string of the molecule is CC(C)n1ncc2c(C(=O)N3CCC(CN(C)C(=O)OC(C)(C)C)CC3)cc(-c3ccco3)nc21. The van der Waals surface area contributed by atoms with Crippen LogP contribution < -0.4 is 0 Å². The van der Waals surface area contributed by atoms with E-state index in [2.05, 4.69) is 5.10 Å². The van der Waals surface area contributed by atoms with Gasteiger partial charge in [0.05, 0.1) is 23.4 Å². The molecule has 1 aliphatic rings. The monoisotopic (exact) mass is 481 g/mol. The van der Waals surface area contributed by atoms with Gasteiger partial charge in [0.2, 0.25) is 0 Å². The predicted octanol–water partition coefficient (Wildman–Crippen LogP) is 4.99. The number of hydrogen-bond donors (Lipinski definition) is 0. The summed E-state index contributed by atoms with van der Waals surface area (Å²) in [4.78, 5) is 34.2. The third kappa shape index (κ3) is 5.49. The third-order valence-electron chi connectivity index (χ3n) is 6.20. The molecule has 9 nitrogen and oxygen atoms in total. The average molecular weight is 482 g/mol. The lowest BCUT2D eigenvalue weighted by Crippen LogP contribution is -2.43. The van der Waals surface area contributed by atoms with E-state index in [0.29, 0.717) is 48.2 Å². The highest BCUT2D eigenvalue weighted by Gasteiger charge is 2.29. The summed E-state index contributed by atoms with van der Waals surface area (Å²) in [5, 5.41) is 5.24. The molecule has 188 valence electrons. The summed E-state index contributed by atoms with van der Waals surface area (Å²) in [6.07, 6.45) is 4.65. The van der Waals surface area contributed by atoms with Gasteiger partial charge < -0.3 is 19.0 Å². The van der Waals surface area contributed by atoms with Crippen LogP contribution in [-0.2, 0) is 4.74 Å². The second-order valence-electron chi connectivity index (χ2n) is 10.5. The van der Waals surface area contributed by atoms with Crippen molar-refractivity contribution in [1.82, 2.24) is 24.6 Å². The van der Waals surface area contributed by atoms with Gasteiger partial charge in [-0.25, -0.2) is 14.5 Å². The number of piperidine rings is 1. The number of pyridine rings is 1. The van der Waals surface area contributed by atoms with Crippen molar-refractivity contribution >= 4 is 23.0 Å². The molecule has 4 heterocycles. The first kappa shape index (κ1) is 24.8. The topological polar surface area (TPSA) is 93.7 Å². The van der Waals surface area contributed by atoms with Crippen LogP contribution in [0.3, 0.4) is 0 Å². The van der Waals surface area contributed by atoms with E-state index in [4.69, 9.17) is 14.1 Å². The number of nitrogens with zero attached hydrogens (tertiary/aromatic N) is 5. The Morgan fingerprint density at radius 2 is 1.97 bits per heavy atom. The van der Waals surface area contributed by atoms with Crippen molar-refractivity contribution in [3.8, 4) is 11.5 Å². The maximum Gasteiger partial charge on any atom is 0.410 e. The summed E-state index contributed by atoms with van der Waals surface area (Å²) in [6, 6.07) is 5.55. The van der Waals surface area contributed by atoms with Crippen molar-refractivity contribution in [3.05, 3.63) is 36.2 Å². The minimum absolute atomic E-state index is 0.0348. The van der Waals surface area contributed by atoms with E-state index in [9.17, 15) is 9.59 Å². The van der Waals surface area contributed by atoms with E-state index >= 15 is 0 Å².